The van der Waals surface area contributed by atoms with Crippen LogP contribution in [0.4, 0.5) is 8.78 Å². The van der Waals surface area contributed by atoms with E-state index in [2.05, 4.69) is 5.10 Å². The van der Waals surface area contributed by atoms with E-state index in [9.17, 15) is 23.2 Å². The maximum absolute atomic E-state index is 13.4. The van der Waals surface area contributed by atoms with Crippen LogP contribution in [0.25, 0.3) is 10.9 Å². The predicted octanol–water partition coefficient (Wildman–Crippen LogP) is 2.05. The van der Waals surface area contributed by atoms with E-state index in [1.54, 1.807) is 27.8 Å². The van der Waals surface area contributed by atoms with Crippen molar-refractivity contribution in [3.8, 4) is 0 Å². The van der Waals surface area contributed by atoms with Crippen molar-refractivity contribution < 1.29 is 18.4 Å². The monoisotopic (exact) mass is 426 g/mol. The summed E-state index contributed by atoms with van der Waals surface area (Å²) in [5, 5.41) is 4.68. The second kappa shape index (κ2) is 8.63. The molecule has 2 heterocycles. The Hall–Kier alpha value is -3.62. The highest BCUT2D eigenvalue weighted by molar-refractivity contribution is 5.94. The van der Waals surface area contributed by atoms with Gasteiger partial charge in [0.2, 0.25) is 11.3 Å². The van der Waals surface area contributed by atoms with Crippen LogP contribution in [0.2, 0.25) is 0 Å². The third kappa shape index (κ3) is 4.30. The number of amides is 2. The Morgan fingerprint density at radius 1 is 0.935 bits per heavy atom. The average Bonchev–Trinajstić information content (AvgIpc) is 2.80. The standard InChI is InChI=1S/C22H20F2N4O3/c23-17-6-5-15(13-18(17)24)22(31)27-11-9-26(10-12-27)21(30)7-8-28-19-4-2-1-3-16(19)20(29)14-25-28/h1-6,13-14H,7-12H2. The van der Waals surface area contributed by atoms with Gasteiger partial charge in [0.15, 0.2) is 11.6 Å². The van der Waals surface area contributed by atoms with Crippen molar-refractivity contribution in [3.05, 3.63) is 76.1 Å². The third-order valence-electron chi connectivity index (χ3n) is 5.39. The lowest BCUT2D eigenvalue weighted by Crippen LogP contribution is -2.50. The smallest absolute Gasteiger partial charge is 0.254 e. The first kappa shape index (κ1) is 20.6. The molecule has 7 nitrogen and oxygen atoms in total. The fourth-order valence-electron chi connectivity index (χ4n) is 3.67. The van der Waals surface area contributed by atoms with Gasteiger partial charge in [0.25, 0.3) is 5.91 Å². The molecule has 1 fully saturated rings. The lowest BCUT2D eigenvalue weighted by molar-refractivity contribution is -0.132. The topological polar surface area (TPSA) is 75.5 Å². The number of para-hydroxylation sites is 1. The fourth-order valence-corrected chi connectivity index (χ4v) is 3.67. The molecule has 9 heteroatoms. The minimum atomic E-state index is -1.07. The molecular formula is C22H20F2N4O3. The van der Waals surface area contributed by atoms with Gasteiger partial charge in [-0.2, -0.15) is 5.10 Å². The summed E-state index contributed by atoms with van der Waals surface area (Å²) in [7, 11) is 0. The van der Waals surface area contributed by atoms with Crippen molar-refractivity contribution in [1.29, 1.82) is 0 Å². The maximum atomic E-state index is 13.4. The summed E-state index contributed by atoms with van der Waals surface area (Å²) in [4.78, 5) is 40.2. The van der Waals surface area contributed by atoms with E-state index in [1.807, 2.05) is 6.07 Å². The van der Waals surface area contributed by atoms with Gasteiger partial charge in [0.05, 0.1) is 18.3 Å². The molecule has 1 aromatic heterocycles. The molecule has 0 unspecified atom stereocenters. The van der Waals surface area contributed by atoms with Crippen LogP contribution in [0.1, 0.15) is 16.8 Å². The number of rotatable bonds is 4. The summed E-state index contributed by atoms with van der Waals surface area (Å²) >= 11 is 0. The average molecular weight is 426 g/mol. The van der Waals surface area contributed by atoms with E-state index in [0.717, 1.165) is 12.1 Å². The summed E-state index contributed by atoms with van der Waals surface area (Å²) in [5.41, 5.74) is 0.583. The molecule has 0 radical (unpaired) electrons. The molecule has 3 aromatic rings. The number of carbonyl (C=O) groups excluding carboxylic acids is 2. The molecule has 0 atom stereocenters. The number of aromatic nitrogens is 2. The van der Waals surface area contributed by atoms with E-state index in [4.69, 9.17) is 0 Å². The normalized spacial score (nSPS) is 14.1. The summed E-state index contributed by atoms with van der Waals surface area (Å²) in [6.45, 7) is 1.65. The molecule has 2 aromatic carbocycles. The number of halogens is 2. The van der Waals surface area contributed by atoms with Crippen molar-refractivity contribution in [3.63, 3.8) is 0 Å². The van der Waals surface area contributed by atoms with E-state index >= 15 is 0 Å². The molecule has 1 aliphatic rings. The largest absolute Gasteiger partial charge is 0.339 e. The molecule has 0 saturated carbocycles. The van der Waals surface area contributed by atoms with Crippen LogP contribution < -0.4 is 5.43 Å². The summed E-state index contributed by atoms with van der Waals surface area (Å²) < 4.78 is 28.1. The summed E-state index contributed by atoms with van der Waals surface area (Å²) in [5.74, 6) is -2.54. The van der Waals surface area contributed by atoms with Gasteiger partial charge >= 0.3 is 0 Å². The van der Waals surface area contributed by atoms with Crippen molar-refractivity contribution in [2.75, 3.05) is 26.2 Å². The maximum Gasteiger partial charge on any atom is 0.254 e. The Bertz CT molecular complexity index is 1200. The van der Waals surface area contributed by atoms with Crippen molar-refractivity contribution >= 4 is 22.7 Å². The number of nitrogens with zero attached hydrogens (tertiary/aromatic N) is 4. The van der Waals surface area contributed by atoms with E-state index in [1.165, 1.54) is 17.2 Å². The minimum absolute atomic E-state index is 0.0786. The number of piperazine rings is 1. The SMILES string of the molecule is O=C(CCn1ncc(=O)c2ccccc21)N1CCN(C(=O)c2ccc(F)c(F)c2)CC1. The lowest BCUT2D eigenvalue weighted by Gasteiger charge is -2.35. The molecule has 2 amide bonds. The predicted molar refractivity (Wildman–Crippen MR) is 109 cm³/mol. The van der Waals surface area contributed by atoms with Gasteiger partial charge in [0.1, 0.15) is 0 Å². The molecule has 0 bridgehead atoms. The van der Waals surface area contributed by atoms with Gasteiger partial charge in [-0.15, -0.1) is 0 Å². The Kier molecular flexibility index (Phi) is 5.75. The molecule has 0 aliphatic carbocycles. The van der Waals surface area contributed by atoms with Crippen molar-refractivity contribution in [2.45, 2.75) is 13.0 Å². The molecule has 0 spiro atoms. The lowest BCUT2D eigenvalue weighted by atomic mass is 10.1. The molecule has 0 N–H and O–H groups in total. The van der Waals surface area contributed by atoms with Gasteiger partial charge in [-0.3, -0.25) is 19.1 Å². The van der Waals surface area contributed by atoms with Gasteiger partial charge in [0, 0.05) is 43.5 Å². The van der Waals surface area contributed by atoms with Crippen LogP contribution >= 0.6 is 0 Å². The Morgan fingerprint density at radius 3 is 2.39 bits per heavy atom. The summed E-state index contributed by atoms with van der Waals surface area (Å²) in [6.07, 6.45) is 1.45. The molecule has 160 valence electrons. The molecule has 31 heavy (non-hydrogen) atoms. The highest BCUT2D eigenvalue weighted by atomic mass is 19.2. The first-order valence-electron chi connectivity index (χ1n) is 9.91. The summed E-state index contributed by atoms with van der Waals surface area (Å²) in [6, 6.07) is 10.2. The second-order valence-electron chi connectivity index (χ2n) is 7.30. The van der Waals surface area contributed by atoms with Gasteiger partial charge in [-0.25, -0.2) is 8.78 Å². The minimum Gasteiger partial charge on any atom is -0.339 e. The molecule has 1 aliphatic heterocycles. The van der Waals surface area contributed by atoms with Crippen molar-refractivity contribution in [2.24, 2.45) is 0 Å². The van der Waals surface area contributed by atoms with E-state index in [-0.39, 0.29) is 23.3 Å². The number of benzene rings is 2. The van der Waals surface area contributed by atoms with Gasteiger partial charge in [-0.05, 0) is 30.3 Å². The Balaban J connectivity index is 1.35. The van der Waals surface area contributed by atoms with Gasteiger partial charge < -0.3 is 9.80 Å². The quantitative estimate of drug-likeness (QED) is 0.640. The molecule has 4 rings (SSSR count). The number of hydrogen-bond donors (Lipinski definition) is 0. The zero-order valence-corrected chi connectivity index (χ0v) is 16.6. The van der Waals surface area contributed by atoms with Gasteiger partial charge in [-0.1, -0.05) is 12.1 Å². The third-order valence-corrected chi connectivity index (χ3v) is 5.39. The van der Waals surface area contributed by atoms with Crippen LogP contribution in [0.5, 0.6) is 0 Å². The van der Waals surface area contributed by atoms with E-state index < -0.39 is 17.5 Å². The van der Waals surface area contributed by atoms with Crippen LogP contribution in [0.3, 0.4) is 0 Å². The second-order valence-corrected chi connectivity index (χ2v) is 7.30. The first-order valence-corrected chi connectivity index (χ1v) is 9.91. The highest BCUT2D eigenvalue weighted by Gasteiger charge is 2.25. The number of aryl methyl sites for hydroxylation is 1. The van der Waals surface area contributed by atoms with E-state index in [0.29, 0.717) is 43.6 Å². The zero-order chi connectivity index (χ0) is 22.0. The number of hydrogen-bond acceptors (Lipinski definition) is 4. The molecule has 1 saturated heterocycles. The van der Waals surface area contributed by atoms with Crippen LogP contribution in [0, 0.1) is 11.6 Å². The van der Waals surface area contributed by atoms with Crippen molar-refractivity contribution in [1.82, 2.24) is 19.6 Å². The first-order chi connectivity index (χ1) is 14.9. The van der Waals surface area contributed by atoms with Crippen LogP contribution in [-0.2, 0) is 11.3 Å². The highest BCUT2D eigenvalue weighted by Crippen LogP contribution is 2.14. The fraction of sp³-hybridized carbons (Fsp3) is 0.273. The van der Waals surface area contributed by atoms with Crippen LogP contribution in [0.15, 0.2) is 53.5 Å². The zero-order valence-electron chi connectivity index (χ0n) is 16.6. The van der Waals surface area contributed by atoms with Crippen LogP contribution in [-0.4, -0.2) is 57.6 Å². The molecular weight excluding hydrogens is 406 g/mol. The number of carbonyl (C=O) groups is 2. The Morgan fingerprint density at radius 2 is 1.65 bits per heavy atom. The number of fused-ring (bicyclic) bond motifs is 1. The Labute approximate surface area is 176 Å².